The van der Waals surface area contributed by atoms with Crippen molar-refractivity contribution in [3.8, 4) is 11.3 Å². The maximum Gasteiger partial charge on any atom is 0.254 e. The number of benzene rings is 2. The molecule has 7 heteroatoms. The summed E-state index contributed by atoms with van der Waals surface area (Å²) < 4.78 is 13.3. The van der Waals surface area contributed by atoms with Crippen molar-refractivity contribution in [2.24, 2.45) is 11.7 Å². The van der Waals surface area contributed by atoms with Crippen LogP contribution in [0.25, 0.3) is 22.2 Å². The first-order chi connectivity index (χ1) is 13.1. The van der Waals surface area contributed by atoms with Gasteiger partial charge in [0, 0.05) is 23.5 Å². The number of rotatable bonds is 3. The van der Waals surface area contributed by atoms with Gasteiger partial charge in [-0.3, -0.25) is 4.79 Å². The topological polar surface area (TPSA) is 59.2 Å². The van der Waals surface area contributed by atoms with Crippen molar-refractivity contribution in [1.82, 2.24) is 9.88 Å². The molecule has 1 fully saturated rings. The summed E-state index contributed by atoms with van der Waals surface area (Å²) >= 11 is 0. The minimum atomic E-state index is -0.297. The second-order valence-corrected chi connectivity index (χ2v) is 7.22. The first-order valence-electron chi connectivity index (χ1n) is 9.23. The predicted octanol–water partition coefficient (Wildman–Crippen LogP) is 4.69. The molecule has 2 aromatic carbocycles. The number of likely N-dealkylation sites (tertiary alicyclic amines) is 1. The molecular formula is C22H24Cl2FN3O. The molecule has 0 spiro atoms. The Kier molecular flexibility index (Phi) is 7.58. The molecule has 1 saturated heterocycles. The van der Waals surface area contributed by atoms with Crippen LogP contribution in [0.3, 0.4) is 0 Å². The highest BCUT2D eigenvalue weighted by atomic mass is 35.5. The largest absolute Gasteiger partial charge is 0.336 e. The van der Waals surface area contributed by atoms with Gasteiger partial charge in [-0.1, -0.05) is 18.2 Å². The number of hydrogen-bond donors (Lipinski definition) is 1. The van der Waals surface area contributed by atoms with Crippen LogP contribution in [0.1, 0.15) is 23.7 Å². The van der Waals surface area contributed by atoms with Gasteiger partial charge in [-0.25, -0.2) is 9.37 Å². The Morgan fingerprint density at radius 1 is 1.17 bits per heavy atom. The number of pyridine rings is 1. The molecule has 29 heavy (non-hydrogen) atoms. The van der Waals surface area contributed by atoms with E-state index in [0.717, 1.165) is 22.9 Å². The molecule has 0 saturated carbocycles. The molecule has 4 nitrogen and oxygen atoms in total. The SMILES string of the molecule is CC1CC(CN)CN1C(=O)c1cc(-c2ccc(F)cc2)nc2ccccc12.Cl.Cl. The molecule has 0 radical (unpaired) electrons. The van der Waals surface area contributed by atoms with E-state index in [0.29, 0.717) is 30.3 Å². The summed E-state index contributed by atoms with van der Waals surface area (Å²) in [6, 6.07) is 15.8. The van der Waals surface area contributed by atoms with Gasteiger partial charge < -0.3 is 10.6 Å². The minimum absolute atomic E-state index is 0. The van der Waals surface area contributed by atoms with Crippen LogP contribution >= 0.6 is 24.8 Å². The van der Waals surface area contributed by atoms with E-state index >= 15 is 0 Å². The van der Waals surface area contributed by atoms with Crippen LogP contribution in [-0.4, -0.2) is 34.9 Å². The van der Waals surface area contributed by atoms with Gasteiger partial charge in [0.05, 0.1) is 16.8 Å². The van der Waals surface area contributed by atoms with Crippen molar-refractivity contribution in [3.63, 3.8) is 0 Å². The first-order valence-corrected chi connectivity index (χ1v) is 9.23. The molecule has 4 rings (SSSR count). The van der Waals surface area contributed by atoms with Crippen molar-refractivity contribution in [2.45, 2.75) is 19.4 Å². The van der Waals surface area contributed by atoms with Crippen LogP contribution in [0.4, 0.5) is 4.39 Å². The molecule has 1 aliphatic heterocycles. The van der Waals surface area contributed by atoms with Crippen molar-refractivity contribution in [3.05, 3.63) is 66.0 Å². The smallest absolute Gasteiger partial charge is 0.254 e. The molecule has 0 bridgehead atoms. The third kappa shape index (κ3) is 4.53. The highest BCUT2D eigenvalue weighted by molar-refractivity contribution is 6.07. The van der Waals surface area contributed by atoms with E-state index < -0.39 is 0 Å². The van der Waals surface area contributed by atoms with Crippen LogP contribution < -0.4 is 5.73 Å². The minimum Gasteiger partial charge on any atom is -0.336 e. The van der Waals surface area contributed by atoms with E-state index in [2.05, 4.69) is 11.9 Å². The van der Waals surface area contributed by atoms with Gasteiger partial charge in [0.15, 0.2) is 0 Å². The Morgan fingerprint density at radius 3 is 2.52 bits per heavy atom. The van der Waals surface area contributed by atoms with Gasteiger partial charge in [0.1, 0.15) is 5.82 Å². The van der Waals surface area contributed by atoms with E-state index in [9.17, 15) is 9.18 Å². The van der Waals surface area contributed by atoms with E-state index in [4.69, 9.17) is 5.73 Å². The zero-order chi connectivity index (χ0) is 19.0. The van der Waals surface area contributed by atoms with Crippen molar-refractivity contribution in [2.75, 3.05) is 13.1 Å². The first kappa shape index (κ1) is 23.1. The predicted molar refractivity (Wildman–Crippen MR) is 119 cm³/mol. The third-order valence-corrected chi connectivity index (χ3v) is 5.34. The van der Waals surface area contributed by atoms with Gasteiger partial charge in [-0.15, -0.1) is 24.8 Å². The Hall–Kier alpha value is -2.21. The maximum absolute atomic E-state index is 13.4. The number of hydrogen-bond acceptors (Lipinski definition) is 3. The molecule has 1 aromatic heterocycles. The van der Waals surface area contributed by atoms with Crippen molar-refractivity contribution >= 4 is 41.6 Å². The monoisotopic (exact) mass is 435 g/mol. The number of para-hydroxylation sites is 1. The Bertz CT molecular complexity index is 997. The Morgan fingerprint density at radius 2 is 1.86 bits per heavy atom. The Balaban J connectivity index is 0.00000150. The van der Waals surface area contributed by atoms with Crippen LogP contribution in [0.2, 0.25) is 0 Å². The fraction of sp³-hybridized carbons (Fsp3) is 0.273. The summed E-state index contributed by atoms with van der Waals surface area (Å²) in [5.41, 5.74) is 8.65. The van der Waals surface area contributed by atoms with E-state index in [1.807, 2.05) is 35.2 Å². The second kappa shape index (κ2) is 9.53. The molecule has 1 amide bonds. The molecule has 154 valence electrons. The standard InChI is InChI=1S/C22H22FN3O.2ClH/c1-14-10-15(12-24)13-26(14)22(27)19-11-21(16-6-8-17(23)9-7-16)25-20-5-3-2-4-18(19)20;;/h2-9,11,14-15H,10,12-13,24H2,1H3;2*1H. The molecule has 3 aromatic rings. The molecular weight excluding hydrogens is 412 g/mol. The second-order valence-electron chi connectivity index (χ2n) is 7.22. The van der Waals surface area contributed by atoms with Crippen molar-refractivity contribution < 1.29 is 9.18 Å². The lowest BCUT2D eigenvalue weighted by atomic mass is 10.0. The summed E-state index contributed by atoms with van der Waals surface area (Å²) in [7, 11) is 0. The number of nitrogens with zero attached hydrogens (tertiary/aromatic N) is 2. The number of aromatic nitrogens is 1. The van der Waals surface area contributed by atoms with Crippen LogP contribution in [0.15, 0.2) is 54.6 Å². The average molecular weight is 436 g/mol. The normalized spacial score (nSPS) is 18.2. The van der Waals surface area contributed by atoms with E-state index in [1.54, 1.807) is 12.1 Å². The Labute approximate surface area is 182 Å². The number of halogens is 3. The zero-order valence-electron chi connectivity index (χ0n) is 16.0. The van der Waals surface area contributed by atoms with Crippen LogP contribution in [0, 0.1) is 11.7 Å². The fourth-order valence-electron chi connectivity index (χ4n) is 3.87. The van der Waals surface area contributed by atoms with Gasteiger partial charge in [-0.2, -0.15) is 0 Å². The van der Waals surface area contributed by atoms with Gasteiger partial charge in [0.2, 0.25) is 0 Å². The highest BCUT2D eigenvalue weighted by Gasteiger charge is 2.33. The summed E-state index contributed by atoms with van der Waals surface area (Å²) in [5, 5.41) is 0.830. The van der Waals surface area contributed by atoms with Crippen molar-refractivity contribution in [1.29, 1.82) is 0 Å². The van der Waals surface area contributed by atoms with Gasteiger partial charge in [0.25, 0.3) is 5.91 Å². The molecule has 2 heterocycles. The summed E-state index contributed by atoms with van der Waals surface area (Å²) in [6.07, 6.45) is 0.927. The summed E-state index contributed by atoms with van der Waals surface area (Å²) in [5.74, 6) is 0.0450. The van der Waals surface area contributed by atoms with Gasteiger partial charge >= 0.3 is 0 Å². The number of nitrogens with two attached hydrogens (primary N) is 1. The lowest BCUT2D eigenvalue weighted by Crippen LogP contribution is -2.34. The highest BCUT2D eigenvalue weighted by Crippen LogP contribution is 2.29. The maximum atomic E-state index is 13.4. The lowest BCUT2D eigenvalue weighted by Gasteiger charge is -2.22. The molecule has 1 aliphatic rings. The molecule has 2 N–H and O–H groups in total. The summed E-state index contributed by atoms with van der Waals surface area (Å²) in [4.78, 5) is 20.0. The van der Waals surface area contributed by atoms with Crippen LogP contribution in [0.5, 0.6) is 0 Å². The number of amides is 1. The van der Waals surface area contributed by atoms with E-state index in [-0.39, 0.29) is 42.6 Å². The quantitative estimate of drug-likeness (QED) is 0.648. The number of carbonyl (C=O) groups is 1. The molecule has 2 atom stereocenters. The summed E-state index contributed by atoms with van der Waals surface area (Å²) in [6.45, 7) is 3.34. The fourth-order valence-corrected chi connectivity index (χ4v) is 3.87. The van der Waals surface area contributed by atoms with Crippen LogP contribution in [-0.2, 0) is 0 Å². The van der Waals surface area contributed by atoms with Gasteiger partial charge in [-0.05, 0) is 62.2 Å². The number of carbonyl (C=O) groups excluding carboxylic acids is 1. The average Bonchev–Trinajstić information content (AvgIpc) is 3.08. The zero-order valence-corrected chi connectivity index (χ0v) is 17.7. The molecule has 0 aliphatic carbocycles. The lowest BCUT2D eigenvalue weighted by molar-refractivity contribution is 0.0745. The van der Waals surface area contributed by atoms with E-state index in [1.165, 1.54) is 12.1 Å². The third-order valence-electron chi connectivity index (χ3n) is 5.34. The number of fused-ring (bicyclic) bond motifs is 1. The molecule has 2 unspecified atom stereocenters.